The van der Waals surface area contributed by atoms with Crippen molar-refractivity contribution in [2.45, 2.75) is 14.5 Å². The van der Waals surface area contributed by atoms with Gasteiger partial charge in [0.05, 0.1) is 9.72 Å². The number of aliphatic carboxylic acids is 1. The molecule has 2 atom stereocenters. The Balaban J connectivity index is 2.99. The maximum Gasteiger partial charge on any atom is 0.318 e. The number of carbonyl (C=O) groups is 1. The standard InChI is InChI=1S/C9H9Br2NO4S/c10-7(8(11)9(13)14)5-1-3-6(4-2-5)17(12,15)16/h1-4,7-8H,(H,13,14)(H2,12,15,16)/t7-,8+/m1/s1. The SMILES string of the molecule is NS(=O)(=O)c1ccc([C@@H](Br)[C@H](Br)C(=O)O)cc1. The highest BCUT2D eigenvalue weighted by Crippen LogP contribution is 2.31. The first-order valence-corrected chi connectivity index (χ1v) is 7.75. The Kier molecular flexibility index (Phi) is 4.70. The number of primary sulfonamides is 1. The summed E-state index contributed by atoms with van der Waals surface area (Å²) in [5.41, 5.74) is 0.640. The van der Waals surface area contributed by atoms with Gasteiger partial charge >= 0.3 is 5.97 Å². The van der Waals surface area contributed by atoms with E-state index in [2.05, 4.69) is 31.9 Å². The molecule has 5 nitrogen and oxygen atoms in total. The van der Waals surface area contributed by atoms with Crippen LogP contribution in [0.25, 0.3) is 0 Å². The van der Waals surface area contributed by atoms with Gasteiger partial charge in [0.25, 0.3) is 0 Å². The highest BCUT2D eigenvalue weighted by Gasteiger charge is 2.24. The lowest BCUT2D eigenvalue weighted by Gasteiger charge is -2.13. The van der Waals surface area contributed by atoms with Crippen LogP contribution in [0.5, 0.6) is 0 Å². The van der Waals surface area contributed by atoms with E-state index in [1.807, 2.05) is 0 Å². The fourth-order valence-electron chi connectivity index (χ4n) is 1.14. The van der Waals surface area contributed by atoms with Crippen molar-refractivity contribution in [1.29, 1.82) is 0 Å². The van der Waals surface area contributed by atoms with Crippen LogP contribution in [-0.2, 0) is 14.8 Å². The van der Waals surface area contributed by atoms with Crippen molar-refractivity contribution in [3.63, 3.8) is 0 Å². The Morgan fingerprint density at radius 2 is 1.71 bits per heavy atom. The molecule has 94 valence electrons. The normalized spacial score (nSPS) is 15.2. The average Bonchev–Trinajstić information content (AvgIpc) is 2.26. The van der Waals surface area contributed by atoms with Gasteiger partial charge in [0.1, 0.15) is 4.83 Å². The molecular weight excluding hydrogens is 378 g/mol. The number of carboxylic acid groups (broad SMARTS) is 1. The third-order valence-electron chi connectivity index (χ3n) is 2.02. The maximum atomic E-state index is 11.0. The number of sulfonamides is 1. The van der Waals surface area contributed by atoms with Crippen molar-refractivity contribution in [3.05, 3.63) is 29.8 Å². The molecule has 1 aromatic rings. The molecule has 0 aliphatic rings. The van der Waals surface area contributed by atoms with Crippen LogP contribution in [0.3, 0.4) is 0 Å². The highest BCUT2D eigenvalue weighted by atomic mass is 79.9. The minimum Gasteiger partial charge on any atom is -0.480 e. The molecule has 0 amide bonds. The van der Waals surface area contributed by atoms with Crippen LogP contribution in [0.4, 0.5) is 0 Å². The Bertz CT molecular complexity index is 514. The van der Waals surface area contributed by atoms with Gasteiger partial charge in [-0.3, -0.25) is 4.79 Å². The minimum atomic E-state index is -3.73. The zero-order valence-corrected chi connectivity index (χ0v) is 12.4. The lowest BCUT2D eigenvalue weighted by Crippen LogP contribution is -2.18. The van der Waals surface area contributed by atoms with Crippen molar-refractivity contribution in [1.82, 2.24) is 0 Å². The smallest absolute Gasteiger partial charge is 0.318 e. The highest BCUT2D eigenvalue weighted by molar-refractivity contribution is 9.12. The third-order valence-corrected chi connectivity index (χ3v) is 5.64. The van der Waals surface area contributed by atoms with E-state index >= 15 is 0 Å². The van der Waals surface area contributed by atoms with Gasteiger partial charge in [-0.25, -0.2) is 13.6 Å². The predicted molar refractivity (Wildman–Crippen MR) is 69.8 cm³/mol. The number of nitrogens with two attached hydrogens (primary N) is 1. The molecule has 0 saturated heterocycles. The van der Waals surface area contributed by atoms with Crippen molar-refractivity contribution in [2.75, 3.05) is 0 Å². The van der Waals surface area contributed by atoms with Gasteiger partial charge in [0.2, 0.25) is 10.0 Å². The molecule has 17 heavy (non-hydrogen) atoms. The summed E-state index contributed by atoms with van der Waals surface area (Å²) < 4.78 is 22.0. The summed E-state index contributed by atoms with van der Waals surface area (Å²) in [6.45, 7) is 0. The van der Waals surface area contributed by atoms with Crippen LogP contribution in [0, 0.1) is 0 Å². The summed E-state index contributed by atoms with van der Waals surface area (Å²) >= 11 is 6.23. The predicted octanol–water partition coefficient (Wildman–Crippen LogP) is 1.62. The van der Waals surface area contributed by atoms with E-state index < -0.39 is 25.6 Å². The fourth-order valence-corrected chi connectivity index (χ4v) is 2.49. The summed E-state index contributed by atoms with van der Waals surface area (Å²) in [6, 6.07) is 5.69. The number of hydrogen-bond acceptors (Lipinski definition) is 3. The number of benzene rings is 1. The molecule has 0 aromatic heterocycles. The maximum absolute atomic E-state index is 11.0. The van der Waals surface area contributed by atoms with E-state index in [0.29, 0.717) is 5.56 Å². The average molecular weight is 387 g/mol. The van der Waals surface area contributed by atoms with Crippen molar-refractivity contribution < 1.29 is 18.3 Å². The number of halogens is 2. The van der Waals surface area contributed by atoms with Gasteiger partial charge in [0, 0.05) is 0 Å². The summed E-state index contributed by atoms with van der Waals surface area (Å²) in [7, 11) is -3.73. The van der Waals surface area contributed by atoms with E-state index in [-0.39, 0.29) is 4.90 Å². The minimum absolute atomic E-state index is 0.0117. The lowest BCUT2D eigenvalue weighted by atomic mass is 10.1. The van der Waals surface area contributed by atoms with Crippen molar-refractivity contribution in [3.8, 4) is 0 Å². The topological polar surface area (TPSA) is 97.5 Å². The van der Waals surface area contributed by atoms with Crippen LogP contribution in [0.2, 0.25) is 0 Å². The summed E-state index contributed by atoms with van der Waals surface area (Å²) in [4.78, 5) is 9.47. The largest absolute Gasteiger partial charge is 0.480 e. The van der Waals surface area contributed by atoms with Gasteiger partial charge in [0.15, 0.2) is 0 Å². The van der Waals surface area contributed by atoms with Crippen molar-refractivity contribution in [2.24, 2.45) is 5.14 Å². The molecule has 0 aliphatic heterocycles. The zero-order chi connectivity index (χ0) is 13.2. The molecule has 0 fully saturated rings. The first-order valence-electron chi connectivity index (χ1n) is 4.37. The van der Waals surface area contributed by atoms with Crippen LogP contribution in [-0.4, -0.2) is 24.3 Å². The Hall–Kier alpha value is -0.440. The van der Waals surface area contributed by atoms with Crippen LogP contribution in [0.1, 0.15) is 10.4 Å². The van der Waals surface area contributed by atoms with Crippen LogP contribution >= 0.6 is 31.9 Å². The van der Waals surface area contributed by atoms with Crippen LogP contribution in [0.15, 0.2) is 29.2 Å². The number of carboxylic acids is 1. The second-order valence-electron chi connectivity index (χ2n) is 3.26. The Morgan fingerprint density at radius 1 is 1.24 bits per heavy atom. The second kappa shape index (κ2) is 5.47. The number of hydrogen-bond donors (Lipinski definition) is 2. The summed E-state index contributed by atoms with van der Waals surface area (Å²) in [6.07, 6.45) is 0. The van der Waals surface area contributed by atoms with Gasteiger partial charge in [-0.05, 0) is 17.7 Å². The molecule has 0 bridgehead atoms. The third kappa shape index (κ3) is 3.77. The second-order valence-corrected chi connectivity index (χ2v) is 6.79. The van der Waals surface area contributed by atoms with E-state index in [4.69, 9.17) is 10.2 Å². The van der Waals surface area contributed by atoms with Crippen LogP contribution < -0.4 is 5.14 Å². The molecule has 0 aliphatic carbocycles. The summed E-state index contributed by atoms with van der Waals surface area (Å²) in [5, 5.41) is 13.8. The van der Waals surface area contributed by atoms with Gasteiger partial charge in [-0.2, -0.15) is 0 Å². The molecule has 0 saturated carbocycles. The Morgan fingerprint density at radius 3 is 2.06 bits per heavy atom. The fraction of sp³-hybridized carbons (Fsp3) is 0.222. The zero-order valence-electron chi connectivity index (χ0n) is 8.38. The first-order chi connectivity index (χ1) is 7.73. The van der Waals surface area contributed by atoms with Gasteiger partial charge < -0.3 is 5.11 Å². The van der Waals surface area contributed by atoms with Crippen molar-refractivity contribution >= 4 is 47.9 Å². The first kappa shape index (κ1) is 14.6. The molecule has 0 spiro atoms. The molecule has 1 rings (SSSR count). The van der Waals surface area contributed by atoms with Gasteiger partial charge in [-0.15, -0.1) is 0 Å². The summed E-state index contributed by atoms with van der Waals surface area (Å²) in [5.74, 6) is -1.01. The molecule has 0 unspecified atom stereocenters. The molecule has 1 aromatic carbocycles. The number of alkyl halides is 2. The Labute approximate surface area is 115 Å². The molecule has 0 radical (unpaired) electrons. The molecule has 8 heteroatoms. The lowest BCUT2D eigenvalue weighted by molar-refractivity contribution is -0.136. The molecular formula is C9H9Br2NO4S. The van der Waals surface area contributed by atoms with E-state index in [0.717, 1.165) is 0 Å². The van der Waals surface area contributed by atoms with Gasteiger partial charge in [-0.1, -0.05) is 44.0 Å². The molecule has 0 heterocycles. The monoisotopic (exact) mass is 385 g/mol. The quantitative estimate of drug-likeness (QED) is 0.768. The van der Waals surface area contributed by atoms with E-state index in [1.54, 1.807) is 0 Å². The number of rotatable bonds is 4. The van der Waals surface area contributed by atoms with E-state index in [1.165, 1.54) is 24.3 Å². The van der Waals surface area contributed by atoms with E-state index in [9.17, 15) is 13.2 Å². The molecule has 3 N–H and O–H groups in total.